The van der Waals surface area contributed by atoms with E-state index in [1.165, 1.54) is 12.1 Å². The highest BCUT2D eigenvalue weighted by Gasteiger charge is 2.16. The molecular weight excluding hydrogens is 267 g/mol. The Balaban J connectivity index is 2.13. The summed E-state index contributed by atoms with van der Waals surface area (Å²) in [7, 11) is 1.89. The van der Waals surface area contributed by atoms with Crippen molar-refractivity contribution in [1.82, 2.24) is 20.1 Å². The van der Waals surface area contributed by atoms with Crippen LogP contribution in [0.15, 0.2) is 24.5 Å². The second-order valence-corrected chi connectivity index (χ2v) is 4.98. The predicted molar refractivity (Wildman–Crippen MR) is 72.4 cm³/mol. The summed E-state index contributed by atoms with van der Waals surface area (Å²) in [5.41, 5.74) is 0.858. The predicted octanol–water partition coefficient (Wildman–Crippen LogP) is 3.02. The van der Waals surface area contributed by atoms with Gasteiger partial charge in [-0.25, -0.2) is 4.39 Å². The van der Waals surface area contributed by atoms with Gasteiger partial charge < -0.3 is 9.88 Å². The van der Waals surface area contributed by atoms with Crippen molar-refractivity contribution in [2.75, 3.05) is 0 Å². The van der Waals surface area contributed by atoms with Gasteiger partial charge in [0.2, 0.25) is 0 Å². The Hall–Kier alpha value is -1.46. The Morgan fingerprint density at radius 1 is 1.32 bits per heavy atom. The van der Waals surface area contributed by atoms with Crippen molar-refractivity contribution < 1.29 is 4.39 Å². The Labute approximate surface area is 116 Å². The molecule has 1 N–H and O–H groups in total. The topological polar surface area (TPSA) is 42.7 Å². The maximum Gasteiger partial charge on any atom is 0.149 e. The minimum absolute atomic E-state index is 0.0141. The Morgan fingerprint density at radius 2 is 2.05 bits per heavy atom. The lowest BCUT2D eigenvalue weighted by atomic mass is 10.1. The van der Waals surface area contributed by atoms with Crippen molar-refractivity contribution in [3.05, 3.63) is 46.8 Å². The fourth-order valence-electron chi connectivity index (χ4n) is 2.08. The smallest absolute Gasteiger partial charge is 0.149 e. The van der Waals surface area contributed by atoms with Crippen LogP contribution in [0.3, 0.4) is 0 Å². The van der Waals surface area contributed by atoms with E-state index >= 15 is 0 Å². The third kappa shape index (κ3) is 3.11. The largest absolute Gasteiger partial charge is 0.319 e. The van der Waals surface area contributed by atoms with Gasteiger partial charge in [-0.3, -0.25) is 0 Å². The summed E-state index contributed by atoms with van der Waals surface area (Å²) in [6.07, 6.45) is 1.66. The molecule has 4 nitrogen and oxygen atoms in total. The van der Waals surface area contributed by atoms with Gasteiger partial charge in [0.1, 0.15) is 18.0 Å². The molecule has 2 atom stereocenters. The molecule has 0 bridgehead atoms. The zero-order valence-electron chi connectivity index (χ0n) is 11.1. The van der Waals surface area contributed by atoms with Crippen LogP contribution < -0.4 is 5.32 Å². The van der Waals surface area contributed by atoms with Crippen molar-refractivity contribution >= 4 is 11.6 Å². The zero-order valence-corrected chi connectivity index (χ0v) is 11.8. The lowest BCUT2D eigenvalue weighted by Crippen LogP contribution is -2.25. The highest BCUT2D eigenvalue weighted by atomic mass is 35.5. The Kier molecular flexibility index (Phi) is 4.17. The van der Waals surface area contributed by atoms with Crippen LogP contribution in [-0.4, -0.2) is 14.8 Å². The third-order valence-corrected chi connectivity index (χ3v) is 3.39. The van der Waals surface area contributed by atoms with Gasteiger partial charge in [0.05, 0.1) is 6.04 Å². The number of nitrogens with one attached hydrogen (secondary N) is 1. The number of benzene rings is 1. The van der Waals surface area contributed by atoms with Crippen LogP contribution in [0.1, 0.15) is 37.3 Å². The molecule has 0 saturated heterocycles. The molecule has 2 aromatic rings. The standard InChI is InChI=1S/C13H16ClFN4/c1-8(11-5-4-10(15)6-12(11)14)17-9(2)13-18-16-7-19(13)3/h4-9,17H,1-3H3. The number of nitrogens with zero attached hydrogens (tertiary/aromatic N) is 3. The SMILES string of the molecule is CC(NC(C)c1nncn1C)c1ccc(F)cc1Cl. The molecule has 0 amide bonds. The van der Waals surface area contributed by atoms with Gasteiger partial charge in [-0.15, -0.1) is 10.2 Å². The van der Waals surface area contributed by atoms with E-state index in [2.05, 4.69) is 15.5 Å². The fourth-order valence-corrected chi connectivity index (χ4v) is 2.41. The molecule has 1 heterocycles. The number of aromatic nitrogens is 3. The number of hydrogen-bond acceptors (Lipinski definition) is 3. The first kappa shape index (κ1) is 14.0. The van der Waals surface area contributed by atoms with Crippen LogP contribution in [0.2, 0.25) is 5.02 Å². The Bertz CT molecular complexity index is 570. The normalized spacial score (nSPS) is 14.4. The third-order valence-electron chi connectivity index (χ3n) is 3.06. The number of halogens is 2. The summed E-state index contributed by atoms with van der Waals surface area (Å²) in [5.74, 6) is 0.507. The van der Waals surface area contributed by atoms with Gasteiger partial charge in [0, 0.05) is 18.1 Å². The lowest BCUT2D eigenvalue weighted by molar-refractivity contribution is 0.465. The molecule has 6 heteroatoms. The second kappa shape index (κ2) is 5.67. The maximum absolute atomic E-state index is 13.0. The first-order chi connectivity index (χ1) is 8.99. The highest BCUT2D eigenvalue weighted by molar-refractivity contribution is 6.31. The molecule has 0 radical (unpaired) electrons. The molecule has 102 valence electrons. The van der Waals surface area contributed by atoms with Crippen molar-refractivity contribution in [3.63, 3.8) is 0 Å². The summed E-state index contributed by atoms with van der Waals surface area (Å²) in [6, 6.07) is 4.43. The van der Waals surface area contributed by atoms with Gasteiger partial charge in [-0.2, -0.15) is 0 Å². The zero-order chi connectivity index (χ0) is 14.0. The molecule has 2 unspecified atom stereocenters. The van der Waals surface area contributed by atoms with Gasteiger partial charge in [-0.05, 0) is 31.5 Å². The van der Waals surface area contributed by atoms with E-state index in [4.69, 9.17) is 11.6 Å². The van der Waals surface area contributed by atoms with Crippen molar-refractivity contribution in [2.24, 2.45) is 7.05 Å². The molecule has 19 heavy (non-hydrogen) atoms. The average Bonchev–Trinajstić information content (AvgIpc) is 2.75. The summed E-state index contributed by atoms with van der Waals surface area (Å²) in [6.45, 7) is 3.98. The van der Waals surface area contributed by atoms with Gasteiger partial charge in [-0.1, -0.05) is 17.7 Å². The van der Waals surface area contributed by atoms with E-state index in [9.17, 15) is 4.39 Å². The van der Waals surface area contributed by atoms with Crippen molar-refractivity contribution in [3.8, 4) is 0 Å². The molecule has 1 aromatic heterocycles. The van der Waals surface area contributed by atoms with Crippen LogP contribution in [0, 0.1) is 5.82 Å². The number of rotatable bonds is 4. The van der Waals surface area contributed by atoms with Crippen LogP contribution >= 0.6 is 11.6 Å². The molecule has 1 aromatic carbocycles. The summed E-state index contributed by atoms with van der Waals surface area (Å²) < 4.78 is 14.9. The first-order valence-corrected chi connectivity index (χ1v) is 6.41. The molecule has 2 rings (SSSR count). The fraction of sp³-hybridized carbons (Fsp3) is 0.385. The van der Waals surface area contributed by atoms with Crippen LogP contribution in [0.25, 0.3) is 0 Å². The molecule has 0 aliphatic carbocycles. The average molecular weight is 283 g/mol. The molecule has 0 saturated carbocycles. The Morgan fingerprint density at radius 3 is 2.63 bits per heavy atom. The maximum atomic E-state index is 13.0. The van der Waals surface area contributed by atoms with E-state index in [0.717, 1.165) is 11.4 Å². The molecule has 0 aliphatic heterocycles. The quantitative estimate of drug-likeness (QED) is 0.937. The summed E-state index contributed by atoms with van der Waals surface area (Å²) >= 11 is 6.05. The molecule has 0 aliphatic rings. The lowest BCUT2D eigenvalue weighted by Gasteiger charge is -2.20. The number of aryl methyl sites for hydroxylation is 1. The monoisotopic (exact) mass is 282 g/mol. The van der Waals surface area contributed by atoms with Crippen LogP contribution in [0.5, 0.6) is 0 Å². The molecule has 0 fully saturated rings. The van der Waals surface area contributed by atoms with E-state index < -0.39 is 0 Å². The van der Waals surface area contributed by atoms with E-state index in [1.54, 1.807) is 12.4 Å². The second-order valence-electron chi connectivity index (χ2n) is 4.58. The molecule has 0 spiro atoms. The van der Waals surface area contributed by atoms with Crippen molar-refractivity contribution in [2.45, 2.75) is 25.9 Å². The minimum atomic E-state index is -0.331. The first-order valence-electron chi connectivity index (χ1n) is 6.04. The van der Waals surface area contributed by atoms with Gasteiger partial charge >= 0.3 is 0 Å². The summed E-state index contributed by atoms with van der Waals surface area (Å²) in [5, 5.41) is 11.7. The van der Waals surface area contributed by atoms with Crippen LogP contribution in [0.4, 0.5) is 4.39 Å². The molecular formula is C13H16ClFN4. The van der Waals surface area contributed by atoms with Crippen molar-refractivity contribution in [1.29, 1.82) is 0 Å². The van der Waals surface area contributed by atoms with E-state index in [-0.39, 0.29) is 17.9 Å². The van der Waals surface area contributed by atoms with E-state index in [1.807, 2.05) is 25.5 Å². The summed E-state index contributed by atoms with van der Waals surface area (Å²) in [4.78, 5) is 0. The highest BCUT2D eigenvalue weighted by Crippen LogP contribution is 2.25. The van der Waals surface area contributed by atoms with Crippen LogP contribution in [-0.2, 0) is 7.05 Å². The van der Waals surface area contributed by atoms with Gasteiger partial charge in [0.15, 0.2) is 0 Å². The minimum Gasteiger partial charge on any atom is -0.319 e. The number of hydrogen-bond donors (Lipinski definition) is 1. The van der Waals surface area contributed by atoms with E-state index in [0.29, 0.717) is 5.02 Å². The van der Waals surface area contributed by atoms with Gasteiger partial charge in [0.25, 0.3) is 0 Å².